The van der Waals surface area contributed by atoms with E-state index in [0.29, 0.717) is 0 Å². The Morgan fingerprint density at radius 2 is 1.68 bits per heavy atom. The van der Waals surface area contributed by atoms with Crippen LogP contribution in [0.1, 0.15) is 17.2 Å². The summed E-state index contributed by atoms with van der Waals surface area (Å²) >= 11 is 5.89. The summed E-state index contributed by atoms with van der Waals surface area (Å²) in [5.41, 5.74) is 2.65. The normalized spacial score (nSPS) is 15.8. The van der Waals surface area contributed by atoms with Gasteiger partial charge < -0.3 is 20.3 Å². The van der Waals surface area contributed by atoms with Crippen molar-refractivity contribution in [2.45, 2.75) is 12.5 Å². The van der Waals surface area contributed by atoms with E-state index in [1.165, 1.54) is 11.1 Å². The van der Waals surface area contributed by atoms with Gasteiger partial charge in [-0.2, -0.15) is 0 Å². The maximum Gasteiger partial charge on any atom is 0.414 e. The van der Waals surface area contributed by atoms with Crippen molar-refractivity contribution in [2.24, 2.45) is 0 Å². The molecule has 6 nitrogen and oxygen atoms in total. The highest BCUT2D eigenvalue weighted by Gasteiger charge is 2.19. The van der Waals surface area contributed by atoms with Gasteiger partial charge in [-0.25, -0.2) is 9.59 Å². The molecule has 0 bridgehead atoms. The van der Waals surface area contributed by atoms with Crippen LogP contribution >= 0.6 is 11.6 Å². The molecule has 0 amide bonds. The molecule has 1 aliphatic heterocycles. The van der Waals surface area contributed by atoms with E-state index in [1.807, 2.05) is 24.3 Å². The maximum atomic E-state index is 9.10. The van der Waals surface area contributed by atoms with Gasteiger partial charge in [0.2, 0.25) is 0 Å². The Balaban J connectivity index is 0.000000326. The first-order chi connectivity index (χ1) is 12.0. The molecule has 25 heavy (non-hydrogen) atoms. The summed E-state index contributed by atoms with van der Waals surface area (Å²) in [7, 11) is 0. The Hall–Kier alpha value is -2.57. The largest absolute Gasteiger partial charge is 0.484 e. The van der Waals surface area contributed by atoms with E-state index < -0.39 is 11.9 Å². The van der Waals surface area contributed by atoms with E-state index >= 15 is 0 Å². The second-order valence-corrected chi connectivity index (χ2v) is 5.76. The summed E-state index contributed by atoms with van der Waals surface area (Å²) < 4.78 is 6.10. The lowest BCUT2D eigenvalue weighted by Gasteiger charge is -2.19. The average Bonchev–Trinajstić information content (AvgIpc) is 2.80. The number of halogens is 1. The van der Waals surface area contributed by atoms with Crippen LogP contribution in [0.5, 0.6) is 5.75 Å². The number of aliphatic carboxylic acids is 2. The minimum absolute atomic E-state index is 0.0554. The topological polar surface area (TPSA) is 95.9 Å². The number of hydrogen-bond acceptors (Lipinski definition) is 4. The molecule has 0 aromatic heterocycles. The van der Waals surface area contributed by atoms with Crippen LogP contribution < -0.4 is 10.1 Å². The van der Waals surface area contributed by atoms with Crippen molar-refractivity contribution in [1.29, 1.82) is 0 Å². The molecule has 3 N–H and O–H groups in total. The van der Waals surface area contributed by atoms with Crippen molar-refractivity contribution in [3.63, 3.8) is 0 Å². The van der Waals surface area contributed by atoms with Crippen molar-refractivity contribution in [3.8, 4) is 5.75 Å². The fraction of sp³-hybridized carbons (Fsp3) is 0.222. The molecular formula is C18H18ClNO5. The highest BCUT2D eigenvalue weighted by atomic mass is 35.5. The quantitative estimate of drug-likeness (QED) is 0.710. The molecule has 0 saturated carbocycles. The summed E-state index contributed by atoms with van der Waals surface area (Å²) in [4.78, 5) is 18.2. The molecular weight excluding hydrogens is 346 g/mol. The Morgan fingerprint density at radius 1 is 1.04 bits per heavy atom. The van der Waals surface area contributed by atoms with Gasteiger partial charge in [-0.1, -0.05) is 35.9 Å². The van der Waals surface area contributed by atoms with Gasteiger partial charge >= 0.3 is 11.9 Å². The standard InChI is InChI=1S/C16H16ClNO.C2H2O4/c17-13-5-7-14(8-6-13)19-16-11-18-10-9-12-3-1-2-4-15(12)16;3-1(4)2(5)6/h1-8,16,18H,9-11H2;(H,3,4)(H,5,6). The van der Waals surface area contributed by atoms with E-state index in [0.717, 1.165) is 30.3 Å². The first kappa shape index (κ1) is 18.8. The van der Waals surface area contributed by atoms with Gasteiger partial charge in [0.25, 0.3) is 0 Å². The molecule has 0 aliphatic carbocycles. The molecule has 2 aromatic carbocycles. The van der Waals surface area contributed by atoms with Crippen molar-refractivity contribution < 1.29 is 24.5 Å². The smallest absolute Gasteiger partial charge is 0.414 e. The minimum atomic E-state index is -1.82. The van der Waals surface area contributed by atoms with Gasteiger partial charge in [0, 0.05) is 11.6 Å². The molecule has 132 valence electrons. The number of carboxylic acid groups (broad SMARTS) is 2. The van der Waals surface area contributed by atoms with Gasteiger partial charge in [-0.05, 0) is 48.4 Å². The van der Waals surface area contributed by atoms with Crippen LogP contribution in [0, 0.1) is 0 Å². The number of benzene rings is 2. The maximum absolute atomic E-state index is 9.10. The van der Waals surface area contributed by atoms with Gasteiger partial charge in [-0.15, -0.1) is 0 Å². The van der Waals surface area contributed by atoms with Crippen LogP contribution in [-0.2, 0) is 16.0 Å². The van der Waals surface area contributed by atoms with Gasteiger partial charge in [-0.3, -0.25) is 0 Å². The molecule has 1 unspecified atom stereocenters. The fourth-order valence-corrected chi connectivity index (χ4v) is 2.55. The van der Waals surface area contributed by atoms with Crippen molar-refractivity contribution in [3.05, 3.63) is 64.7 Å². The second-order valence-electron chi connectivity index (χ2n) is 5.32. The molecule has 0 radical (unpaired) electrons. The first-order valence-corrected chi connectivity index (χ1v) is 8.02. The minimum Gasteiger partial charge on any atom is -0.484 e. The molecule has 7 heteroatoms. The number of fused-ring (bicyclic) bond motifs is 1. The highest BCUT2D eigenvalue weighted by Crippen LogP contribution is 2.27. The number of hydrogen-bond donors (Lipinski definition) is 3. The summed E-state index contributed by atoms with van der Waals surface area (Å²) in [6, 6.07) is 16.0. The van der Waals surface area contributed by atoms with Crippen LogP contribution in [0.25, 0.3) is 0 Å². The SMILES string of the molecule is Clc1ccc(OC2CNCCc3ccccc32)cc1.O=C(O)C(=O)O. The number of carbonyl (C=O) groups is 2. The lowest BCUT2D eigenvalue weighted by Crippen LogP contribution is -2.23. The molecule has 1 heterocycles. The number of carboxylic acids is 2. The second kappa shape index (κ2) is 9.05. The van der Waals surface area contributed by atoms with Crippen molar-refractivity contribution in [1.82, 2.24) is 5.32 Å². The third-order valence-electron chi connectivity index (χ3n) is 3.58. The van der Waals surface area contributed by atoms with Gasteiger partial charge in [0.05, 0.1) is 0 Å². The van der Waals surface area contributed by atoms with Crippen LogP contribution in [0.4, 0.5) is 0 Å². The molecule has 1 atom stereocenters. The summed E-state index contributed by atoms with van der Waals surface area (Å²) in [5, 5.41) is 18.9. The lowest BCUT2D eigenvalue weighted by atomic mass is 10.0. The van der Waals surface area contributed by atoms with E-state index in [1.54, 1.807) is 0 Å². The van der Waals surface area contributed by atoms with Gasteiger partial charge in [0.15, 0.2) is 0 Å². The van der Waals surface area contributed by atoms with Crippen molar-refractivity contribution >= 4 is 23.5 Å². The van der Waals surface area contributed by atoms with Crippen LogP contribution in [0.2, 0.25) is 5.02 Å². The van der Waals surface area contributed by atoms with E-state index in [-0.39, 0.29) is 6.10 Å². The Morgan fingerprint density at radius 3 is 2.32 bits per heavy atom. The zero-order valence-electron chi connectivity index (χ0n) is 13.3. The average molecular weight is 364 g/mol. The monoisotopic (exact) mass is 363 g/mol. The Kier molecular flexibility index (Phi) is 6.80. The first-order valence-electron chi connectivity index (χ1n) is 7.64. The van der Waals surface area contributed by atoms with Crippen LogP contribution in [-0.4, -0.2) is 35.2 Å². The predicted octanol–water partition coefficient (Wildman–Crippen LogP) is 2.76. The van der Waals surface area contributed by atoms with Crippen LogP contribution in [0.15, 0.2) is 48.5 Å². The molecule has 2 aromatic rings. The molecule has 3 rings (SSSR count). The number of nitrogens with one attached hydrogen (secondary N) is 1. The van der Waals surface area contributed by atoms with Gasteiger partial charge in [0.1, 0.15) is 11.9 Å². The van der Waals surface area contributed by atoms with Crippen LogP contribution in [0.3, 0.4) is 0 Å². The van der Waals surface area contributed by atoms with Crippen molar-refractivity contribution in [2.75, 3.05) is 13.1 Å². The third-order valence-corrected chi connectivity index (χ3v) is 3.83. The Bertz CT molecular complexity index is 721. The zero-order chi connectivity index (χ0) is 18.2. The molecule has 0 fully saturated rings. The third kappa shape index (κ3) is 5.77. The number of ether oxygens (including phenoxy) is 1. The highest BCUT2D eigenvalue weighted by molar-refractivity contribution is 6.30. The summed E-state index contributed by atoms with van der Waals surface area (Å²) in [6.45, 7) is 1.83. The summed E-state index contributed by atoms with van der Waals surface area (Å²) in [5.74, 6) is -2.79. The Labute approximate surface area is 150 Å². The fourth-order valence-electron chi connectivity index (χ4n) is 2.42. The van der Waals surface area contributed by atoms with E-state index in [4.69, 9.17) is 36.1 Å². The van der Waals surface area contributed by atoms with E-state index in [9.17, 15) is 0 Å². The molecule has 0 saturated heterocycles. The van der Waals surface area contributed by atoms with E-state index in [2.05, 4.69) is 29.6 Å². The predicted molar refractivity (Wildman–Crippen MR) is 93.1 cm³/mol. The molecule has 1 aliphatic rings. The molecule has 0 spiro atoms. The number of rotatable bonds is 2. The summed E-state index contributed by atoms with van der Waals surface area (Å²) in [6.07, 6.45) is 1.11. The lowest BCUT2D eigenvalue weighted by molar-refractivity contribution is -0.159. The zero-order valence-corrected chi connectivity index (χ0v) is 14.1.